The molecule has 2 amide bonds. The average Bonchev–Trinajstić information content (AvgIpc) is 3.37. The summed E-state index contributed by atoms with van der Waals surface area (Å²) in [4.78, 5) is 30.1. The third kappa shape index (κ3) is 6.88. The van der Waals surface area contributed by atoms with Crippen molar-refractivity contribution in [2.45, 2.75) is 91.6 Å². The molecule has 0 saturated carbocycles. The Morgan fingerprint density at radius 1 is 1.11 bits per heavy atom. The number of carbonyl (C=O) groups is 2. The van der Waals surface area contributed by atoms with Gasteiger partial charge < -0.3 is 33.8 Å². The minimum atomic E-state index is -0.837. The Morgan fingerprint density at radius 3 is 2.24 bits per heavy atom. The number of rotatable bonds is 8. The van der Waals surface area contributed by atoms with Gasteiger partial charge in [0.25, 0.3) is 0 Å². The Bertz CT molecular complexity index is 1120. The van der Waals surface area contributed by atoms with Crippen molar-refractivity contribution in [3.05, 3.63) is 24.7 Å². The van der Waals surface area contributed by atoms with E-state index in [-0.39, 0.29) is 5.92 Å². The number of hydrogen-bond acceptors (Lipinski definition) is 8. The van der Waals surface area contributed by atoms with Gasteiger partial charge in [-0.3, -0.25) is 4.79 Å². The van der Waals surface area contributed by atoms with Crippen LogP contribution in [-0.2, 0) is 18.8 Å². The van der Waals surface area contributed by atoms with Crippen LogP contribution in [0.15, 0.2) is 29.1 Å². The first-order valence-electron chi connectivity index (χ1n) is 12.8. The number of methoxy groups -OCH3 is 1. The van der Waals surface area contributed by atoms with Gasteiger partial charge in [-0.25, -0.2) is 9.78 Å². The highest BCUT2D eigenvalue weighted by atomic mass is 16.7. The van der Waals surface area contributed by atoms with Gasteiger partial charge in [-0.2, -0.15) is 0 Å². The number of alkyl carbamates (subject to hydrolysis) is 1. The van der Waals surface area contributed by atoms with Crippen molar-refractivity contribution in [2.24, 2.45) is 5.92 Å². The van der Waals surface area contributed by atoms with Gasteiger partial charge in [0.15, 0.2) is 12.2 Å². The van der Waals surface area contributed by atoms with Gasteiger partial charge in [0, 0.05) is 17.2 Å². The first-order valence-corrected chi connectivity index (χ1v) is 12.8. The number of anilines is 1. The van der Waals surface area contributed by atoms with Crippen LogP contribution >= 0.6 is 0 Å². The zero-order valence-electron chi connectivity index (χ0n) is 24.1. The number of nitrogens with one attached hydrogen (secondary N) is 2. The van der Waals surface area contributed by atoms with Gasteiger partial charge in [0.05, 0.1) is 30.1 Å². The lowest BCUT2D eigenvalue weighted by molar-refractivity contribution is -0.118. The SMILES string of the molecule is COc1cc(NC(=O)[C@@H](CC(C)C)NC(=O)OC(C)(C)C)c(B2OC(C)(C)C(C)(C)O2)cc1-c1cnco1. The van der Waals surface area contributed by atoms with Gasteiger partial charge in [-0.05, 0) is 66.9 Å². The zero-order chi connectivity index (χ0) is 28.5. The fraction of sp³-hybridized carbons (Fsp3) is 0.593. The number of benzene rings is 1. The van der Waals surface area contributed by atoms with E-state index in [1.807, 2.05) is 41.5 Å². The molecule has 1 saturated heterocycles. The minimum absolute atomic E-state index is 0.131. The minimum Gasteiger partial charge on any atom is -0.496 e. The quantitative estimate of drug-likeness (QED) is 0.479. The summed E-state index contributed by atoms with van der Waals surface area (Å²) in [6.07, 6.45) is 2.65. The van der Waals surface area contributed by atoms with E-state index in [1.54, 1.807) is 39.1 Å². The van der Waals surface area contributed by atoms with Crippen LogP contribution in [0.2, 0.25) is 0 Å². The van der Waals surface area contributed by atoms with Crippen LogP contribution in [0.3, 0.4) is 0 Å². The Labute approximate surface area is 225 Å². The number of nitrogens with zero attached hydrogens (tertiary/aromatic N) is 1. The van der Waals surface area contributed by atoms with E-state index in [2.05, 4.69) is 15.6 Å². The molecule has 0 bridgehead atoms. The Kier molecular flexibility index (Phi) is 8.53. The van der Waals surface area contributed by atoms with E-state index >= 15 is 0 Å². The smallest absolute Gasteiger partial charge is 0.496 e. The van der Waals surface area contributed by atoms with Crippen molar-refractivity contribution < 1.29 is 32.8 Å². The van der Waals surface area contributed by atoms with E-state index in [0.717, 1.165) is 0 Å². The molecular weight excluding hydrogens is 489 g/mol. The molecule has 0 aliphatic carbocycles. The van der Waals surface area contributed by atoms with Crippen molar-refractivity contribution in [3.63, 3.8) is 0 Å². The lowest BCUT2D eigenvalue weighted by atomic mass is 9.76. The molecule has 11 heteroatoms. The first-order chi connectivity index (χ1) is 17.5. The fourth-order valence-electron chi connectivity index (χ4n) is 3.95. The van der Waals surface area contributed by atoms with Gasteiger partial charge in [-0.1, -0.05) is 13.8 Å². The maximum Gasteiger partial charge on any atom is 0.497 e. The molecule has 0 unspecified atom stereocenters. The third-order valence-corrected chi connectivity index (χ3v) is 6.55. The summed E-state index contributed by atoms with van der Waals surface area (Å²) < 4.78 is 29.2. The van der Waals surface area contributed by atoms with E-state index in [0.29, 0.717) is 34.6 Å². The maximum atomic E-state index is 13.6. The highest BCUT2D eigenvalue weighted by molar-refractivity contribution is 6.64. The summed E-state index contributed by atoms with van der Waals surface area (Å²) in [5.74, 6) is 0.669. The number of oxazole rings is 1. The predicted octanol–water partition coefficient (Wildman–Crippen LogP) is 4.53. The molecule has 1 aromatic carbocycles. The second kappa shape index (κ2) is 11.0. The van der Waals surface area contributed by atoms with Crippen molar-refractivity contribution in [2.75, 3.05) is 12.4 Å². The molecule has 1 fully saturated rings. The molecule has 2 aromatic rings. The molecule has 1 aliphatic heterocycles. The van der Waals surface area contributed by atoms with Crippen LogP contribution in [0, 0.1) is 5.92 Å². The predicted molar refractivity (Wildman–Crippen MR) is 145 cm³/mol. The van der Waals surface area contributed by atoms with Crippen molar-refractivity contribution in [3.8, 4) is 17.1 Å². The molecule has 38 heavy (non-hydrogen) atoms. The van der Waals surface area contributed by atoms with Gasteiger partial charge in [0.1, 0.15) is 17.4 Å². The van der Waals surface area contributed by atoms with Gasteiger partial charge in [-0.15, -0.1) is 0 Å². The first kappa shape index (κ1) is 29.5. The molecule has 0 radical (unpaired) electrons. The standard InChI is InChI=1S/C27H40BN3O7/c1-16(2)11-20(31-24(33)36-25(3,4)5)23(32)30-19-13-21(34-10)17(22-14-29-15-35-22)12-18(19)28-37-26(6,7)27(8,9)38-28/h12-16,20H,11H2,1-10H3,(H,30,32)(H,31,33)/t20-/m1/s1. The molecule has 1 atom stereocenters. The van der Waals surface area contributed by atoms with E-state index in [1.165, 1.54) is 13.5 Å². The molecule has 1 aliphatic rings. The number of ether oxygens (including phenoxy) is 2. The summed E-state index contributed by atoms with van der Waals surface area (Å²) in [6, 6.07) is 2.65. The number of hydrogen-bond donors (Lipinski definition) is 2. The highest BCUT2D eigenvalue weighted by Gasteiger charge is 2.52. The Morgan fingerprint density at radius 2 is 1.74 bits per heavy atom. The van der Waals surface area contributed by atoms with Gasteiger partial charge in [0.2, 0.25) is 5.91 Å². The van der Waals surface area contributed by atoms with Gasteiger partial charge >= 0.3 is 13.2 Å². The number of carbonyl (C=O) groups excluding carboxylic acids is 2. The van der Waals surface area contributed by atoms with Crippen LogP contribution in [0.25, 0.3) is 11.3 Å². The molecular formula is C27H40BN3O7. The van der Waals surface area contributed by atoms with Crippen molar-refractivity contribution >= 4 is 30.3 Å². The molecule has 208 valence electrons. The summed E-state index contributed by atoms with van der Waals surface area (Å²) in [5.41, 5.74) is -0.291. The van der Waals surface area contributed by atoms with Crippen LogP contribution in [0.5, 0.6) is 5.75 Å². The average molecular weight is 529 g/mol. The third-order valence-electron chi connectivity index (χ3n) is 6.55. The summed E-state index contributed by atoms with van der Waals surface area (Å²) in [7, 11) is 0.742. The molecule has 0 spiro atoms. The molecule has 3 rings (SSSR count). The lowest BCUT2D eigenvalue weighted by Crippen LogP contribution is -2.47. The van der Waals surface area contributed by atoms with Crippen LogP contribution in [-0.4, -0.2) is 54.1 Å². The number of aromatic nitrogens is 1. The topological polar surface area (TPSA) is 121 Å². The molecule has 2 N–H and O–H groups in total. The Hall–Kier alpha value is -3.05. The molecule has 2 heterocycles. The number of amides is 2. The maximum absolute atomic E-state index is 13.6. The van der Waals surface area contributed by atoms with E-state index < -0.39 is 42.0 Å². The monoisotopic (exact) mass is 529 g/mol. The zero-order valence-corrected chi connectivity index (χ0v) is 24.1. The summed E-state index contributed by atoms with van der Waals surface area (Å²) in [5, 5.41) is 5.68. The highest BCUT2D eigenvalue weighted by Crippen LogP contribution is 2.39. The van der Waals surface area contributed by atoms with Crippen molar-refractivity contribution in [1.82, 2.24) is 10.3 Å². The van der Waals surface area contributed by atoms with E-state index in [4.69, 9.17) is 23.2 Å². The van der Waals surface area contributed by atoms with Crippen LogP contribution < -0.4 is 20.8 Å². The normalized spacial score (nSPS) is 17.3. The van der Waals surface area contributed by atoms with Crippen LogP contribution in [0.1, 0.15) is 68.7 Å². The molecule has 1 aromatic heterocycles. The second-order valence-electron chi connectivity index (χ2n) is 11.9. The lowest BCUT2D eigenvalue weighted by Gasteiger charge is -2.32. The van der Waals surface area contributed by atoms with Crippen molar-refractivity contribution in [1.29, 1.82) is 0 Å². The molecule has 10 nitrogen and oxygen atoms in total. The van der Waals surface area contributed by atoms with E-state index in [9.17, 15) is 9.59 Å². The fourth-order valence-corrected chi connectivity index (χ4v) is 3.95. The summed E-state index contributed by atoms with van der Waals surface area (Å²) >= 11 is 0. The second-order valence-corrected chi connectivity index (χ2v) is 11.9. The Balaban J connectivity index is 2.01. The summed E-state index contributed by atoms with van der Waals surface area (Å²) in [6.45, 7) is 17.1. The van der Waals surface area contributed by atoms with Crippen LogP contribution in [0.4, 0.5) is 10.5 Å². The largest absolute Gasteiger partial charge is 0.497 e.